The molecule has 0 spiro atoms. The smallest absolute Gasteiger partial charge is 0.323 e. The number of hydrogen-bond acceptors (Lipinski definition) is 7. The number of sulfonamides is 1. The second-order valence-electron chi connectivity index (χ2n) is 8.10. The van der Waals surface area contributed by atoms with Crippen LogP contribution in [0.2, 0.25) is 0 Å². The molecule has 2 rings (SSSR count). The van der Waals surface area contributed by atoms with Gasteiger partial charge < -0.3 is 14.4 Å². The van der Waals surface area contributed by atoms with Crippen molar-refractivity contribution in [3.63, 3.8) is 0 Å². The molecule has 1 heterocycles. The van der Waals surface area contributed by atoms with Gasteiger partial charge in [0.2, 0.25) is 10.0 Å². The molecule has 31 heavy (non-hydrogen) atoms. The van der Waals surface area contributed by atoms with Crippen molar-refractivity contribution in [1.29, 1.82) is 0 Å². The highest BCUT2D eigenvalue weighted by atomic mass is 32.2. The number of carbonyl (C=O) groups excluding carboxylic acids is 1. The third-order valence-corrected chi connectivity index (χ3v) is 5.14. The van der Waals surface area contributed by atoms with Crippen LogP contribution in [-0.2, 0) is 43.9 Å². The highest BCUT2D eigenvalue weighted by Crippen LogP contribution is 2.12. The molecule has 0 saturated heterocycles. The first-order valence-corrected chi connectivity index (χ1v) is 11.2. The van der Waals surface area contributed by atoms with Gasteiger partial charge in [-0.1, -0.05) is 12.1 Å². The zero-order chi connectivity index (χ0) is 23.2. The lowest BCUT2D eigenvalue weighted by Crippen LogP contribution is -2.36. The molecule has 2 aromatic rings. The number of carbonyl (C=O) groups is 2. The van der Waals surface area contributed by atoms with Gasteiger partial charge in [0.15, 0.2) is 0 Å². The summed E-state index contributed by atoms with van der Waals surface area (Å²) >= 11 is 0. The van der Waals surface area contributed by atoms with Crippen molar-refractivity contribution >= 4 is 22.0 Å². The van der Waals surface area contributed by atoms with Crippen LogP contribution in [0.5, 0.6) is 0 Å². The van der Waals surface area contributed by atoms with E-state index >= 15 is 0 Å². The van der Waals surface area contributed by atoms with Gasteiger partial charge in [0.05, 0.1) is 18.0 Å². The fourth-order valence-corrected chi connectivity index (χ4v) is 3.40. The lowest BCUT2D eigenvalue weighted by Gasteiger charge is -2.25. The topological polar surface area (TPSA) is 145 Å². The number of primary sulfonamides is 1. The van der Waals surface area contributed by atoms with Crippen LogP contribution in [0, 0.1) is 0 Å². The van der Waals surface area contributed by atoms with Crippen LogP contribution in [0.3, 0.4) is 0 Å². The predicted octanol–water partition coefficient (Wildman–Crippen LogP) is 1.00. The van der Waals surface area contributed by atoms with Gasteiger partial charge in [0.25, 0.3) is 0 Å². The number of imidazole rings is 1. The van der Waals surface area contributed by atoms with Gasteiger partial charge in [0.1, 0.15) is 18.0 Å². The maximum Gasteiger partial charge on any atom is 0.323 e. The molecule has 11 heteroatoms. The first kappa shape index (κ1) is 24.5. The standard InChI is InChI=1S/C20H28N4O6S/c1-20(2,3)30-19(27)14-23(12-17-22-9-11-24(17)13-18(25)26)10-8-15-4-6-16(7-5-15)31(21,28)29/h4-7,9,11H,8,10,12-14H2,1-3H3,(H,25,26)(H2,21,28,29). The molecule has 0 aliphatic heterocycles. The summed E-state index contributed by atoms with van der Waals surface area (Å²) in [5.74, 6) is -0.892. The molecule has 0 atom stereocenters. The summed E-state index contributed by atoms with van der Waals surface area (Å²) in [6, 6.07) is 6.19. The van der Waals surface area contributed by atoms with Crippen LogP contribution in [0.4, 0.5) is 0 Å². The van der Waals surface area contributed by atoms with Crippen LogP contribution in [0.15, 0.2) is 41.6 Å². The number of benzene rings is 1. The average Bonchev–Trinajstić information content (AvgIpc) is 3.03. The summed E-state index contributed by atoms with van der Waals surface area (Å²) in [5, 5.41) is 14.2. The third-order valence-electron chi connectivity index (χ3n) is 4.21. The van der Waals surface area contributed by atoms with Crippen molar-refractivity contribution in [2.75, 3.05) is 13.1 Å². The molecule has 0 aliphatic carbocycles. The number of carboxylic acid groups (broad SMARTS) is 1. The van der Waals surface area contributed by atoms with E-state index in [1.807, 2.05) is 4.90 Å². The molecule has 0 fully saturated rings. The SMILES string of the molecule is CC(C)(C)OC(=O)CN(CCc1ccc(S(N)(=O)=O)cc1)Cc1nccn1CC(=O)O. The summed E-state index contributed by atoms with van der Waals surface area (Å²) in [7, 11) is -3.76. The predicted molar refractivity (Wildman–Crippen MR) is 113 cm³/mol. The maximum absolute atomic E-state index is 12.4. The molecule has 1 aromatic carbocycles. The van der Waals surface area contributed by atoms with E-state index < -0.39 is 27.6 Å². The van der Waals surface area contributed by atoms with Gasteiger partial charge in [-0.2, -0.15) is 0 Å². The summed E-state index contributed by atoms with van der Waals surface area (Å²) in [4.78, 5) is 29.5. The fraction of sp³-hybridized carbons (Fsp3) is 0.450. The van der Waals surface area contributed by atoms with Crippen LogP contribution < -0.4 is 5.14 Å². The Hall–Kier alpha value is -2.76. The van der Waals surface area contributed by atoms with Crippen molar-refractivity contribution in [2.24, 2.45) is 5.14 Å². The summed E-state index contributed by atoms with van der Waals surface area (Å²) in [6.07, 6.45) is 3.60. The first-order chi connectivity index (χ1) is 14.3. The quantitative estimate of drug-likeness (QED) is 0.508. The number of rotatable bonds is 10. The first-order valence-electron chi connectivity index (χ1n) is 9.61. The lowest BCUT2D eigenvalue weighted by molar-refractivity contribution is -0.156. The molecule has 170 valence electrons. The van der Waals surface area contributed by atoms with Crippen molar-refractivity contribution in [3.8, 4) is 0 Å². The Morgan fingerprint density at radius 2 is 1.87 bits per heavy atom. The minimum absolute atomic E-state index is 0.00748. The van der Waals surface area contributed by atoms with Crippen LogP contribution in [0.1, 0.15) is 32.2 Å². The molecule has 0 aliphatic rings. The highest BCUT2D eigenvalue weighted by molar-refractivity contribution is 7.89. The maximum atomic E-state index is 12.4. The largest absolute Gasteiger partial charge is 0.480 e. The zero-order valence-electron chi connectivity index (χ0n) is 17.8. The number of carboxylic acids is 1. The second kappa shape index (κ2) is 10.0. The Morgan fingerprint density at radius 1 is 1.23 bits per heavy atom. The summed E-state index contributed by atoms with van der Waals surface area (Å²) in [5.41, 5.74) is 0.226. The zero-order valence-corrected chi connectivity index (χ0v) is 18.6. The Balaban J connectivity index is 2.12. The second-order valence-corrected chi connectivity index (χ2v) is 9.66. The number of hydrogen-bond donors (Lipinski definition) is 2. The number of esters is 1. The molecule has 0 saturated carbocycles. The normalized spacial score (nSPS) is 12.2. The van der Waals surface area contributed by atoms with Crippen molar-refractivity contribution < 1.29 is 27.9 Å². The Kier molecular flexibility index (Phi) is 7.93. The molecule has 1 aromatic heterocycles. The van der Waals surface area contributed by atoms with Gasteiger partial charge in [0, 0.05) is 18.9 Å². The number of ether oxygens (including phenoxy) is 1. The Morgan fingerprint density at radius 3 is 2.42 bits per heavy atom. The van der Waals surface area contributed by atoms with Gasteiger partial charge in [-0.25, -0.2) is 18.5 Å². The molecule has 0 bridgehead atoms. The van der Waals surface area contributed by atoms with Gasteiger partial charge >= 0.3 is 11.9 Å². The summed E-state index contributed by atoms with van der Waals surface area (Å²) in [6.45, 7) is 5.78. The highest BCUT2D eigenvalue weighted by Gasteiger charge is 2.21. The number of aromatic nitrogens is 2. The van der Waals surface area contributed by atoms with E-state index in [0.29, 0.717) is 18.8 Å². The van der Waals surface area contributed by atoms with Crippen LogP contribution in [-0.4, -0.2) is 58.6 Å². The molecule has 3 N–H and O–H groups in total. The average molecular weight is 453 g/mol. The number of nitrogens with zero attached hydrogens (tertiary/aromatic N) is 3. The van der Waals surface area contributed by atoms with E-state index in [1.165, 1.54) is 22.9 Å². The van der Waals surface area contributed by atoms with E-state index in [-0.39, 0.29) is 24.5 Å². The van der Waals surface area contributed by atoms with Crippen molar-refractivity contribution in [2.45, 2.75) is 50.8 Å². The van der Waals surface area contributed by atoms with Crippen LogP contribution in [0.25, 0.3) is 0 Å². The molecule has 0 amide bonds. The van der Waals surface area contributed by atoms with E-state index in [0.717, 1.165) is 5.56 Å². The van der Waals surface area contributed by atoms with Crippen LogP contribution >= 0.6 is 0 Å². The minimum Gasteiger partial charge on any atom is -0.480 e. The van der Waals surface area contributed by atoms with E-state index in [4.69, 9.17) is 15.0 Å². The van der Waals surface area contributed by atoms with E-state index in [9.17, 15) is 18.0 Å². The minimum atomic E-state index is -3.76. The number of nitrogens with two attached hydrogens (primary N) is 1. The van der Waals surface area contributed by atoms with Gasteiger partial charge in [-0.15, -0.1) is 0 Å². The molecule has 0 radical (unpaired) electrons. The van der Waals surface area contributed by atoms with Crippen molar-refractivity contribution in [1.82, 2.24) is 14.5 Å². The fourth-order valence-electron chi connectivity index (χ4n) is 2.88. The molecule has 10 nitrogen and oxygen atoms in total. The monoisotopic (exact) mass is 452 g/mol. The van der Waals surface area contributed by atoms with E-state index in [2.05, 4.69) is 4.98 Å². The van der Waals surface area contributed by atoms with Gasteiger partial charge in [-0.3, -0.25) is 14.5 Å². The molecular weight excluding hydrogens is 424 g/mol. The van der Waals surface area contributed by atoms with E-state index in [1.54, 1.807) is 39.1 Å². The lowest BCUT2D eigenvalue weighted by atomic mass is 10.1. The molecular formula is C20H28N4O6S. The molecule has 0 unspecified atom stereocenters. The third kappa shape index (κ3) is 8.48. The number of aliphatic carboxylic acids is 1. The Labute approximate surface area is 181 Å². The summed E-state index contributed by atoms with van der Waals surface area (Å²) < 4.78 is 29.7. The Bertz CT molecular complexity index is 1010. The van der Waals surface area contributed by atoms with Gasteiger partial charge in [-0.05, 0) is 44.9 Å². The van der Waals surface area contributed by atoms with Crippen molar-refractivity contribution in [3.05, 3.63) is 48.0 Å².